The van der Waals surface area contributed by atoms with Crippen LogP contribution in [0.1, 0.15) is 77.1 Å². The molecule has 0 amide bonds. The van der Waals surface area contributed by atoms with E-state index in [0.29, 0.717) is 24.8 Å². The van der Waals surface area contributed by atoms with E-state index >= 15 is 0 Å². The molecule has 7 aliphatic rings. The van der Waals surface area contributed by atoms with Crippen LogP contribution in [0.15, 0.2) is 23.0 Å². The molecular weight excluding hydrogens is 520 g/mol. The molecule has 3 saturated heterocycles. The summed E-state index contributed by atoms with van der Waals surface area (Å²) in [6, 6.07) is 1.63. The molecule has 8 rings (SSSR count). The first-order chi connectivity index (χ1) is 18.7. The van der Waals surface area contributed by atoms with E-state index in [0.717, 1.165) is 0 Å². The third kappa shape index (κ3) is 2.09. The molecule has 1 aromatic rings. The van der Waals surface area contributed by atoms with Gasteiger partial charge in [-0.1, -0.05) is 27.7 Å². The lowest BCUT2D eigenvalue weighted by Gasteiger charge is -2.77. The highest BCUT2D eigenvalue weighted by Crippen LogP contribution is 2.90. The fourth-order valence-electron chi connectivity index (χ4n) is 11.9. The van der Waals surface area contributed by atoms with Gasteiger partial charge in [-0.05, 0) is 42.6 Å². The van der Waals surface area contributed by atoms with Gasteiger partial charge in [-0.25, -0.2) is 0 Å². The van der Waals surface area contributed by atoms with Crippen molar-refractivity contribution >= 4 is 17.7 Å². The second kappa shape index (κ2) is 6.69. The van der Waals surface area contributed by atoms with Crippen LogP contribution in [0, 0.1) is 34.0 Å². The van der Waals surface area contributed by atoms with E-state index in [1.165, 1.54) is 19.6 Å². The summed E-state index contributed by atoms with van der Waals surface area (Å²) in [7, 11) is 1.38. The average Bonchev–Trinajstić information content (AvgIpc) is 3.59. The van der Waals surface area contributed by atoms with E-state index in [2.05, 4.69) is 13.8 Å². The number of carbonyl (C=O) groups is 3. The number of rotatable bonds is 4. The first-order valence-corrected chi connectivity index (χ1v) is 14.3. The van der Waals surface area contributed by atoms with Gasteiger partial charge in [0.1, 0.15) is 28.7 Å². The van der Waals surface area contributed by atoms with Gasteiger partial charge in [0, 0.05) is 30.1 Å². The van der Waals surface area contributed by atoms with Crippen molar-refractivity contribution in [3.8, 4) is 0 Å². The molecule has 4 aliphatic carbocycles. The summed E-state index contributed by atoms with van der Waals surface area (Å²) in [6.07, 6.45) is 3.04. The van der Waals surface area contributed by atoms with Crippen molar-refractivity contribution in [2.45, 2.75) is 101 Å². The average molecular weight is 557 g/mol. The van der Waals surface area contributed by atoms with Gasteiger partial charge in [0.2, 0.25) is 0 Å². The SMILES string of the molecule is COC(=O)CC1C2(C)CC34OC5(C)OC67C(CC(=O)OC6C3(O)C2C)C(C)(C(=O)c2ccoc2)CCC7(O5)C14C. The highest BCUT2D eigenvalue weighted by molar-refractivity contribution is 6.01. The second-order valence-electron chi connectivity index (χ2n) is 14.3. The number of carbonyl (C=O) groups excluding carboxylic acids is 3. The Morgan fingerprint density at radius 1 is 1.10 bits per heavy atom. The maximum atomic E-state index is 14.2. The van der Waals surface area contributed by atoms with E-state index in [1.807, 2.05) is 13.8 Å². The van der Waals surface area contributed by atoms with Crippen LogP contribution in [0.25, 0.3) is 0 Å². The van der Waals surface area contributed by atoms with E-state index < -0.39 is 68.5 Å². The van der Waals surface area contributed by atoms with Crippen molar-refractivity contribution in [2.24, 2.45) is 34.0 Å². The van der Waals surface area contributed by atoms with Gasteiger partial charge < -0.3 is 33.2 Å². The maximum Gasteiger partial charge on any atom is 0.306 e. The lowest BCUT2D eigenvalue weighted by atomic mass is 9.32. The zero-order valence-corrected chi connectivity index (χ0v) is 23.7. The summed E-state index contributed by atoms with van der Waals surface area (Å²) < 4.78 is 37.5. The quantitative estimate of drug-likeness (QED) is 0.436. The van der Waals surface area contributed by atoms with E-state index in [-0.39, 0.29) is 30.5 Å². The lowest BCUT2D eigenvalue weighted by Crippen LogP contribution is -2.93. The van der Waals surface area contributed by atoms with Gasteiger partial charge in [-0.15, -0.1) is 0 Å². The Hall–Kier alpha value is -2.27. The highest BCUT2D eigenvalue weighted by atomic mass is 16.9. The predicted octanol–water partition coefficient (Wildman–Crippen LogP) is 3.15. The van der Waals surface area contributed by atoms with Gasteiger partial charge in [0.25, 0.3) is 5.97 Å². The lowest BCUT2D eigenvalue weighted by molar-refractivity contribution is -0.476. The van der Waals surface area contributed by atoms with E-state index in [1.54, 1.807) is 13.0 Å². The largest absolute Gasteiger partial charge is 0.472 e. The summed E-state index contributed by atoms with van der Waals surface area (Å²) in [5.74, 6) is -3.95. The highest BCUT2D eigenvalue weighted by Gasteiger charge is 3.03. The normalized spacial score (nSPS) is 58.0. The Kier molecular flexibility index (Phi) is 4.25. The molecule has 0 aromatic carbocycles. The minimum atomic E-state index is -1.65. The number of esters is 2. The molecule has 10 nitrogen and oxygen atoms in total. The fraction of sp³-hybridized carbons (Fsp3) is 0.767. The van der Waals surface area contributed by atoms with Gasteiger partial charge in [-0.2, -0.15) is 0 Å². The molecule has 12 atom stereocenters. The zero-order chi connectivity index (χ0) is 28.5. The number of aliphatic hydroxyl groups is 1. The third-order valence-corrected chi connectivity index (χ3v) is 13.4. The minimum absolute atomic E-state index is 0.0791. The molecule has 0 radical (unpaired) electrons. The first-order valence-electron chi connectivity index (χ1n) is 14.3. The number of ether oxygens (including phenoxy) is 5. The molecule has 3 aliphatic heterocycles. The van der Waals surface area contributed by atoms with Crippen LogP contribution in [-0.2, 0) is 33.3 Å². The van der Waals surface area contributed by atoms with Crippen molar-refractivity contribution in [1.29, 1.82) is 0 Å². The predicted molar refractivity (Wildman–Crippen MR) is 133 cm³/mol. The maximum absolute atomic E-state index is 14.2. The molecule has 10 heteroatoms. The fourth-order valence-corrected chi connectivity index (χ4v) is 11.9. The number of hydrogen-bond acceptors (Lipinski definition) is 10. The third-order valence-electron chi connectivity index (χ3n) is 13.4. The Labute approximate surface area is 232 Å². The molecule has 40 heavy (non-hydrogen) atoms. The monoisotopic (exact) mass is 556 g/mol. The number of furan rings is 1. The second-order valence-corrected chi connectivity index (χ2v) is 14.3. The number of hydrogen-bond donors (Lipinski definition) is 1. The topological polar surface area (TPSA) is 131 Å². The van der Waals surface area contributed by atoms with Crippen LogP contribution in [0.2, 0.25) is 0 Å². The molecule has 1 aromatic heterocycles. The number of Topliss-reactive ketones (excluding diaryl/α,β-unsaturated/α-hetero) is 1. The Bertz CT molecular complexity index is 1390. The summed E-state index contributed by atoms with van der Waals surface area (Å²) in [5, 5.41) is 13.1. The van der Waals surface area contributed by atoms with Crippen LogP contribution in [0.4, 0.5) is 0 Å². The minimum Gasteiger partial charge on any atom is -0.472 e. The van der Waals surface area contributed by atoms with Gasteiger partial charge in [0.05, 0.1) is 25.4 Å². The molecule has 4 bridgehead atoms. The Morgan fingerprint density at radius 2 is 1.82 bits per heavy atom. The number of ketones is 1. The smallest absolute Gasteiger partial charge is 0.306 e. The summed E-state index contributed by atoms with van der Waals surface area (Å²) in [4.78, 5) is 40.6. The molecular formula is C30H36O10. The number of methoxy groups -OCH3 is 1. The summed E-state index contributed by atoms with van der Waals surface area (Å²) in [5.41, 5.74) is -7.52. The van der Waals surface area contributed by atoms with Crippen LogP contribution < -0.4 is 0 Å². The molecule has 3 spiro atoms. The molecule has 7 fully saturated rings. The van der Waals surface area contributed by atoms with Gasteiger partial charge in [-0.3, -0.25) is 14.4 Å². The Morgan fingerprint density at radius 3 is 2.50 bits per heavy atom. The van der Waals surface area contributed by atoms with E-state index in [9.17, 15) is 19.5 Å². The van der Waals surface area contributed by atoms with Crippen LogP contribution in [0.3, 0.4) is 0 Å². The van der Waals surface area contributed by atoms with Crippen molar-refractivity contribution in [3.05, 3.63) is 24.2 Å². The molecule has 4 heterocycles. The molecule has 12 unspecified atom stereocenters. The zero-order valence-electron chi connectivity index (χ0n) is 23.7. The molecule has 4 saturated carbocycles. The van der Waals surface area contributed by atoms with Crippen molar-refractivity contribution in [1.82, 2.24) is 0 Å². The van der Waals surface area contributed by atoms with Crippen molar-refractivity contribution < 1.29 is 47.6 Å². The summed E-state index contributed by atoms with van der Waals surface area (Å²) in [6.45, 7) is 9.70. The first kappa shape index (κ1) is 25.4. The molecule has 216 valence electrons. The van der Waals surface area contributed by atoms with Crippen molar-refractivity contribution in [2.75, 3.05) is 7.11 Å². The van der Waals surface area contributed by atoms with Crippen molar-refractivity contribution in [3.63, 3.8) is 0 Å². The summed E-state index contributed by atoms with van der Waals surface area (Å²) >= 11 is 0. The molecule has 1 N–H and O–H groups in total. The van der Waals surface area contributed by atoms with Gasteiger partial charge >= 0.3 is 11.9 Å². The van der Waals surface area contributed by atoms with Crippen LogP contribution >= 0.6 is 0 Å². The van der Waals surface area contributed by atoms with E-state index in [4.69, 9.17) is 28.1 Å². The standard InChI is InChI=1S/C30H36O10/c1-15-24(3)14-28-25(4,17(24)11-19(31)35-6)27-9-8-23(2,21(33)16-7-10-36-13-16)18-12-20(32)37-22(29(15,28)34)30(18,27)40-26(5,38-27)39-28/h7,10,13,15,17-18,22,34H,8-9,11-12,14H2,1-6H3. The van der Waals surface area contributed by atoms with Crippen LogP contribution in [-0.4, -0.2) is 64.4 Å². The Balaban J connectivity index is 1.43. The number of fused-ring (bicyclic) bond motifs is 3. The van der Waals surface area contributed by atoms with Crippen LogP contribution in [0.5, 0.6) is 0 Å². The van der Waals surface area contributed by atoms with Gasteiger partial charge in [0.15, 0.2) is 11.9 Å².